The molecule has 1 heterocycles. The zero-order chi connectivity index (χ0) is 11.2. The minimum Gasteiger partial charge on any atom is -0.441 e. The molecule has 3 nitrogen and oxygen atoms in total. The fourth-order valence-electron chi connectivity index (χ4n) is 1.82. The number of oxazole rings is 1. The van der Waals surface area contributed by atoms with E-state index in [9.17, 15) is 0 Å². The number of nitrogens with zero attached hydrogens (tertiary/aromatic N) is 1. The Morgan fingerprint density at radius 1 is 1.44 bits per heavy atom. The summed E-state index contributed by atoms with van der Waals surface area (Å²) in [6.07, 6.45) is 4.08. The molecule has 1 aliphatic carbocycles. The van der Waals surface area contributed by atoms with Crippen molar-refractivity contribution in [2.24, 2.45) is 5.73 Å². The van der Waals surface area contributed by atoms with Crippen LogP contribution in [0.25, 0.3) is 11.1 Å². The molecule has 2 N–H and O–H groups in total. The molecule has 1 aromatic heterocycles. The summed E-state index contributed by atoms with van der Waals surface area (Å²) in [6, 6.07) is 5.87. The van der Waals surface area contributed by atoms with Crippen LogP contribution in [0.2, 0.25) is 0 Å². The Labute approximate surface area is 102 Å². The molecule has 1 aromatic carbocycles. The zero-order valence-corrected chi connectivity index (χ0v) is 10.5. The standard InChI is InChI=1S/C12H13BrN2O/c13-8-1-2-10-9(7-8)15-11(16-10)3-4-12(14)5-6-12/h1-2,7H,3-6,14H2. The molecule has 4 heteroatoms. The van der Waals surface area contributed by atoms with Crippen LogP contribution >= 0.6 is 15.9 Å². The van der Waals surface area contributed by atoms with E-state index in [0.717, 1.165) is 47.1 Å². The van der Waals surface area contributed by atoms with E-state index in [0.29, 0.717) is 0 Å². The van der Waals surface area contributed by atoms with Crippen molar-refractivity contribution < 1.29 is 4.42 Å². The molecule has 0 bridgehead atoms. The highest BCUT2D eigenvalue weighted by molar-refractivity contribution is 9.10. The fraction of sp³-hybridized carbons (Fsp3) is 0.417. The highest BCUT2D eigenvalue weighted by Gasteiger charge is 2.37. The Balaban J connectivity index is 1.82. The maximum absolute atomic E-state index is 6.04. The van der Waals surface area contributed by atoms with E-state index < -0.39 is 0 Å². The zero-order valence-electron chi connectivity index (χ0n) is 8.87. The highest BCUT2D eigenvalue weighted by atomic mass is 79.9. The van der Waals surface area contributed by atoms with Crippen LogP contribution in [0.3, 0.4) is 0 Å². The van der Waals surface area contributed by atoms with E-state index in [4.69, 9.17) is 10.2 Å². The van der Waals surface area contributed by atoms with Gasteiger partial charge in [0.1, 0.15) is 5.52 Å². The van der Waals surface area contributed by atoms with E-state index in [1.54, 1.807) is 0 Å². The Morgan fingerprint density at radius 2 is 2.25 bits per heavy atom. The highest BCUT2D eigenvalue weighted by Crippen LogP contribution is 2.36. The van der Waals surface area contributed by atoms with E-state index in [1.807, 2.05) is 18.2 Å². The first kappa shape index (κ1) is 10.3. The minimum atomic E-state index is 0.0707. The third-order valence-electron chi connectivity index (χ3n) is 3.12. The summed E-state index contributed by atoms with van der Waals surface area (Å²) in [5.74, 6) is 0.796. The molecule has 1 aliphatic rings. The molecule has 2 aromatic rings. The van der Waals surface area contributed by atoms with Gasteiger partial charge in [-0.15, -0.1) is 0 Å². The van der Waals surface area contributed by atoms with Crippen LogP contribution < -0.4 is 5.73 Å². The second-order valence-electron chi connectivity index (χ2n) is 4.58. The van der Waals surface area contributed by atoms with Gasteiger partial charge in [-0.05, 0) is 37.5 Å². The van der Waals surface area contributed by atoms with Crippen LogP contribution in [0.5, 0.6) is 0 Å². The molecule has 0 atom stereocenters. The summed E-state index contributed by atoms with van der Waals surface area (Å²) in [4.78, 5) is 4.45. The molecule has 1 fully saturated rings. The lowest BCUT2D eigenvalue weighted by Crippen LogP contribution is -2.22. The van der Waals surface area contributed by atoms with Crippen LogP contribution in [-0.2, 0) is 6.42 Å². The summed E-state index contributed by atoms with van der Waals surface area (Å²) in [6.45, 7) is 0. The van der Waals surface area contributed by atoms with E-state index in [-0.39, 0.29) is 5.54 Å². The Bertz CT molecular complexity index is 531. The van der Waals surface area contributed by atoms with Crippen molar-refractivity contribution in [1.29, 1.82) is 0 Å². The molecular formula is C12H13BrN2O. The smallest absolute Gasteiger partial charge is 0.195 e. The van der Waals surface area contributed by atoms with Gasteiger partial charge in [0.15, 0.2) is 11.5 Å². The van der Waals surface area contributed by atoms with Crippen molar-refractivity contribution >= 4 is 27.0 Å². The van der Waals surface area contributed by atoms with Crippen LogP contribution in [-0.4, -0.2) is 10.5 Å². The van der Waals surface area contributed by atoms with Gasteiger partial charge in [0.2, 0.25) is 0 Å². The second kappa shape index (κ2) is 3.57. The maximum atomic E-state index is 6.04. The summed E-state index contributed by atoms with van der Waals surface area (Å²) < 4.78 is 6.68. The van der Waals surface area contributed by atoms with Gasteiger partial charge >= 0.3 is 0 Å². The van der Waals surface area contributed by atoms with E-state index >= 15 is 0 Å². The van der Waals surface area contributed by atoms with Gasteiger partial charge in [0, 0.05) is 16.4 Å². The Hall–Kier alpha value is -0.870. The molecular weight excluding hydrogens is 268 g/mol. The molecule has 16 heavy (non-hydrogen) atoms. The van der Waals surface area contributed by atoms with Crippen LogP contribution in [0.4, 0.5) is 0 Å². The van der Waals surface area contributed by atoms with Crippen molar-refractivity contribution in [3.8, 4) is 0 Å². The van der Waals surface area contributed by atoms with Crippen molar-refractivity contribution in [1.82, 2.24) is 4.98 Å². The van der Waals surface area contributed by atoms with E-state index in [2.05, 4.69) is 20.9 Å². The number of rotatable bonds is 3. The summed E-state index contributed by atoms with van der Waals surface area (Å²) in [5, 5.41) is 0. The lowest BCUT2D eigenvalue weighted by Gasteiger charge is -2.04. The molecule has 0 amide bonds. The quantitative estimate of drug-likeness (QED) is 0.940. The lowest BCUT2D eigenvalue weighted by molar-refractivity contribution is 0.491. The fourth-order valence-corrected chi connectivity index (χ4v) is 2.17. The van der Waals surface area contributed by atoms with Gasteiger partial charge in [-0.25, -0.2) is 4.98 Å². The predicted octanol–water partition coefficient (Wildman–Crippen LogP) is 3.01. The van der Waals surface area contributed by atoms with Gasteiger partial charge in [-0.3, -0.25) is 0 Å². The van der Waals surface area contributed by atoms with Crippen molar-refractivity contribution in [3.05, 3.63) is 28.6 Å². The SMILES string of the molecule is NC1(CCc2nc3cc(Br)ccc3o2)CC1. The van der Waals surface area contributed by atoms with Gasteiger partial charge in [0.25, 0.3) is 0 Å². The first-order chi connectivity index (χ1) is 7.65. The monoisotopic (exact) mass is 280 g/mol. The normalized spacial score (nSPS) is 17.9. The molecule has 0 radical (unpaired) electrons. The topological polar surface area (TPSA) is 52.0 Å². The third-order valence-corrected chi connectivity index (χ3v) is 3.62. The molecule has 3 rings (SSSR count). The van der Waals surface area contributed by atoms with Gasteiger partial charge in [0.05, 0.1) is 0 Å². The lowest BCUT2D eigenvalue weighted by atomic mass is 10.1. The maximum Gasteiger partial charge on any atom is 0.195 e. The van der Waals surface area contributed by atoms with Gasteiger partial charge in [-0.1, -0.05) is 15.9 Å². The summed E-state index contributed by atoms with van der Waals surface area (Å²) in [5.41, 5.74) is 7.86. The molecule has 0 aliphatic heterocycles. The number of fused-ring (bicyclic) bond motifs is 1. The van der Waals surface area contributed by atoms with Crippen LogP contribution in [0.1, 0.15) is 25.2 Å². The van der Waals surface area contributed by atoms with Crippen LogP contribution in [0, 0.1) is 0 Å². The summed E-state index contributed by atoms with van der Waals surface area (Å²) in [7, 11) is 0. The molecule has 1 saturated carbocycles. The van der Waals surface area contributed by atoms with Crippen molar-refractivity contribution in [2.75, 3.05) is 0 Å². The largest absolute Gasteiger partial charge is 0.441 e. The number of aromatic nitrogens is 1. The number of hydrogen-bond donors (Lipinski definition) is 1. The van der Waals surface area contributed by atoms with Crippen LogP contribution in [0.15, 0.2) is 27.1 Å². The predicted molar refractivity (Wildman–Crippen MR) is 66.2 cm³/mol. The molecule has 0 unspecified atom stereocenters. The van der Waals surface area contributed by atoms with E-state index in [1.165, 1.54) is 0 Å². The number of aryl methyl sites for hydroxylation is 1. The minimum absolute atomic E-state index is 0.0707. The summed E-state index contributed by atoms with van der Waals surface area (Å²) >= 11 is 3.42. The van der Waals surface area contributed by atoms with Gasteiger partial charge < -0.3 is 10.2 Å². The number of hydrogen-bond acceptors (Lipinski definition) is 3. The average molecular weight is 281 g/mol. The Kier molecular flexibility index (Phi) is 2.30. The molecule has 0 spiro atoms. The van der Waals surface area contributed by atoms with Gasteiger partial charge in [-0.2, -0.15) is 0 Å². The molecule has 84 valence electrons. The average Bonchev–Trinajstić information content (AvgIpc) is 2.85. The first-order valence-corrected chi connectivity index (χ1v) is 6.28. The number of nitrogens with two attached hydrogens (primary N) is 1. The number of halogens is 1. The first-order valence-electron chi connectivity index (χ1n) is 5.49. The van der Waals surface area contributed by atoms with Crippen molar-refractivity contribution in [3.63, 3.8) is 0 Å². The second-order valence-corrected chi connectivity index (χ2v) is 5.50. The molecule has 0 saturated heterocycles. The van der Waals surface area contributed by atoms with Crippen molar-refractivity contribution in [2.45, 2.75) is 31.2 Å². The third kappa shape index (κ3) is 1.99. The number of benzene rings is 1. The Morgan fingerprint density at radius 3 is 3.00 bits per heavy atom.